The summed E-state index contributed by atoms with van der Waals surface area (Å²) in [5.41, 5.74) is 8.05. The standard InChI is InChI=1S/C20H29N5O2/c1-12(2)25-16-4-5-17(25)9-15(8-16)22-10-19(26)23-14-3-6-18-13(7-14)11-27-20(21)24-18/h3,6-7,12,15-17,22H,4-5,8-11H2,1-2H3,(H2,21,24)(H,23,26). The second kappa shape index (κ2) is 7.48. The lowest BCUT2D eigenvalue weighted by atomic mass is 9.96. The fourth-order valence-corrected chi connectivity index (χ4v) is 4.86. The van der Waals surface area contributed by atoms with E-state index in [4.69, 9.17) is 10.5 Å². The summed E-state index contributed by atoms with van der Waals surface area (Å²) >= 11 is 0. The molecule has 3 aliphatic heterocycles. The highest BCUT2D eigenvalue weighted by Gasteiger charge is 2.41. The molecule has 7 nitrogen and oxygen atoms in total. The fourth-order valence-electron chi connectivity index (χ4n) is 4.86. The normalized spacial score (nSPS) is 27.1. The molecule has 2 unspecified atom stereocenters. The third kappa shape index (κ3) is 3.94. The molecule has 1 aromatic rings. The van der Waals surface area contributed by atoms with Gasteiger partial charge in [-0.2, -0.15) is 4.99 Å². The number of fused-ring (bicyclic) bond motifs is 3. The van der Waals surface area contributed by atoms with Crippen LogP contribution in [0.1, 0.15) is 45.1 Å². The lowest BCUT2D eigenvalue weighted by Crippen LogP contribution is -2.52. The molecule has 4 N–H and O–H groups in total. The number of benzene rings is 1. The van der Waals surface area contributed by atoms with Crippen molar-refractivity contribution in [1.82, 2.24) is 10.2 Å². The topological polar surface area (TPSA) is 92.0 Å². The number of amidine groups is 1. The molecule has 27 heavy (non-hydrogen) atoms. The van der Waals surface area contributed by atoms with Crippen LogP contribution in [0.4, 0.5) is 11.4 Å². The first-order valence-corrected chi connectivity index (χ1v) is 9.90. The molecule has 0 aromatic heterocycles. The largest absolute Gasteiger partial charge is 0.460 e. The Labute approximate surface area is 160 Å². The molecule has 1 aromatic carbocycles. The van der Waals surface area contributed by atoms with Gasteiger partial charge in [0.25, 0.3) is 6.02 Å². The van der Waals surface area contributed by atoms with E-state index >= 15 is 0 Å². The number of aliphatic imine (C=N–C) groups is 1. The van der Waals surface area contributed by atoms with E-state index in [0.29, 0.717) is 37.3 Å². The van der Waals surface area contributed by atoms with Crippen molar-refractivity contribution in [2.24, 2.45) is 10.7 Å². The SMILES string of the molecule is CC(C)N1C2CCC1CC(NCC(=O)Nc1ccc3c(c1)COC(N)=N3)C2. The van der Waals surface area contributed by atoms with Gasteiger partial charge < -0.3 is 21.1 Å². The van der Waals surface area contributed by atoms with Gasteiger partial charge in [0.15, 0.2) is 0 Å². The minimum absolute atomic E-state index is 0.0201. The van der Waals surface area contributed by atoms with Gasteiger partial charge in [-0.25, -0.2) is 0 Å². The van der Waals surface area contributed by atoms with Crippen LogP contribution in [0.3, 0.4) is 0 Å². The zero-order chi connectivity index (χ0) is 19.0. The van der Waals surface area contributed by atoms with Crippen molar-refractivity contribution in [2.75, 3.05) is 11.9 Å². The molecule has 3 heterocycles. The Bertz CT molecular complexity index is 734. The third-order valence-corrected chi connectivity index (χ3v) is 5.91. The molecule has 146 valence electrons. The van der Waals surface area contributed by atoms with Gasteiger partial charge in [-0.3, -0.25) is 9.69 Å². The molecule has 2 atom stereocenters. The summed E-state index contributed by atoms with van der Waals surface area (Å²) in [5, 5.41) is 6.43. The molecule has 0 saturated carbocycles. The first-order valence-electron chi connectivity index (χ1n) is 9.90. The fraction of sp³-hybridized carbons (Fsp3) is 0.600. The maximum Gasteiger partial charge on any atom is 0.287 e. The van der Waals surface area contributed by atoms with Crippen molar-refractivity contribution in [3.63, 3.8) is 0 Å². The quantitative estimate of drug-likeness (QED) is 0.737. The van der Waals surface area contributed by atoms with Crippen LogP contribution in [-0.2, 0) is 16.1 Å². The molecule has 0 spiro atoms. The van der Waals surface area contributed by atoms with Gasteiger partial charge in [-0.1, -0.05) is 0 Å². The summed E-state index contributed by atoms with van der Waals surface area (Å²) in [6, 6.07) is 8.14. The first-order chi connectivity index (χ1) is 13.0. The Kier molecular flexibility index (Phi) is 5.06. The molecule has 1 amide bonds. The van der Waals surface area contributed by atoms with Crippen LogP contribution in [0.5, 0.6) is 0 Å². The van der Waals surface area contributed by atoms with Crippen LogP contribution < -0.4 is 16.4 Å². The van der Waals surface area contributed by atoms with Crippen molar-refractivity contribution >= 4 is 23.3 Å². The van der Waals surface area contributed by atoms with Gasteiger partial charge in [-0.15, -0.1) is 0 Å². The van der Waals surface area contributed by atoms with Gasteiger partial charge in [0.2, 0.25) is 5.91 Å². The second-order valence-corrected chi connectivity index (χ2v) is 8.11. The third-order valence-electron chi connectivity index (χ3n) is 5.91. The number of amides is 1. The maximum atomic E-state index is 12.4. The Morgan fingerprint density at radius 3 is 2.78 bits per heavy atom. The van der Waals surface area contributed by atoms with Crippen LogP contribution in [-0.4, -0.2) is 47.5 Å². The molecule has 2 fully saturated rings. The van der Waals surface area contributed by atoms with E-state index in [1.54, 1.807) is 0 Å². The monoisotopic (exact) mass is 371 g/mol. The Hall–Kier alpha value is -2.12. The number of ether oxygens (including phenoxy) is 1. The summed E-state index contributed by atoms with van der Waals surface area (Å²) in [5.74, 6) is -0.0201. The van der Waals surface area contributed by atoms with E-state index in [1.807, 2.05) is 18.2 Å². The average Bonchev–Trinajstić information content (AvgIpc) is 2.91. The molecular formula is C20H29N5O2. The maximum absolute atomic E-state index is 12.4. The van der Waals surface area contributed by atoms with Gasteiger partial charge in [0, 0.05) is 35.4 Å². The minimum atomic E-state index is -0.0201. The van der Waals surface area contributed by atoms with Gasteiger partial charge >= 0.3 is 0 Å². The Morgan fingerprint density at radius 2 is 2.07 bits per heavy atom. The number of carbonyl (C=O) groups excluding carboxylic acids is 1. The summed E-state index contributed by atoms with van der Waals surface area (Å²) in [4.78, 5) is 19.2. The number of hydrogen-bond donors (Lipinski definition) is 3. The Balaban J connectivity index is 1.29. The molecule has 2 bridgehead atoms. The molecule has 7 heteroatoms. The Morgan fingerprint density at radius 1 is 1.33 bits per heavy atom. The molecule has 0 radical (unpaired) electrons. The lowest BCUT2D eigenvalue weighted by molar-refractivity contribution is -0.115. The summed E-state index contributed by atoms with van der Waals surface area (Å²) in [6.07, 6.45) is 4.85. The summed E-state index contributed by atoms with van der Waals surface area (Å²) < 4.78 is 5.24. The number of piperidine rings is 1. The van der Waals surface area contributed by atoms with E-state index in [2.05, 4.69) is 34.4 Å². The summed E-state index contributed by atoms with van der Waals surface area (Å²) in [6.45, 7) is 5.29. The molecule has 2 saturated heterocycles. The zero-order valence-electron chi connectivity index (χ0n) is 16.1. The average molecular weight is 371 g/mol. The number of nitrogens with zero attached hydrogens (tertiary/aromatic N) is 2. The highest BCUT2D eigenvalue weighted by Crippen LogP contribution is 2.37. The number of rotatable bonds is 5. The van der Waals surface area contributed by atoms with Crippen molar-refractivity contribution in [2.45, 2.75) is 70.3 Å². The number of nitrogens with two attached hydrogens (primary N) is 1. The van der Waals surface area contributed by atoms with Crippen molar-refractivity contribution in [3.05, 3.63) is 23.8 Å². The smallest absolute Gasteiger partial charge is 0.287 e. The number of anilines is 1. The lowest BCUT2D eigenvalue weighted by Gasteiger charge is -2.41. The second-order valence-electron chi connectivity index (χ2n) is 8.11. The highest BCUT2D eigenvalue weighted by atomic mass is 16.5. The molecule has 0 aliphatic carbocycles. The van der Waals surface area contributed by atoms with E-state index in [1.165, 1.54) is 12.8 Å². The number of hydrogen-bond acceptors (Lipinski definition) is 6. The molecule has 4 rings (SSSR count). The predicted molar refractivity (Wildman–Crippen MR) is 106 cm³/mol. The van der Waals surface area contributed by atoms with E-state index < -0.39 is 0 Å². The van der Waals surface area contributed by atoms with Gasteiger partial charge in [-0.05, 0) is 57.7 Å². The number of carbonyl (C=O) groups is 1. The minimum Gasteiger partial charge on any atom is -0.460 e. The van der Waals surface area contributed by atoms with Crippen LogP contribution in [0, 0.1) is 0 Å². The molecular weight excluding hydrogens is 342 g/mol. The van der Waals surface area contributed by atoms with E-state index in [0.717, 1.165) is 29.8 Å². The van der Waals surface area contributed by atoms with Crippen LogP contribution in [0.25, 0.3) is 0 Å². The highest BCUT2D eigenvalue weighted by molar-refractivity contribution is 5.92. The van der Waals surface area contributed by atoms with Crippen molar-refractivity contribution in [3.8, 4) is 0 Å². The van der Waals surface area contributed by atoms with Crippen LogP contribution in [0.15, 0.2) is 23.2 Å². The van der Waals surface area contributed by atoms with Gasteiger partial charge in [0.1, 0.15) is 6.61 Å². The van der Waals surface area contributed by atoms with E-state index in [-0.39, 0.29) is 11.9 Å². The van der Waals surface area contributed by atoms with Crippen molar-refractivity contribution in [1.29, 1.82) is 0 Å². The predicted octanol–water partition coefficient (Wildman–Crippen LogP) is 2.09. The first kappa shape index (κ1) is 18.3. The number of nitrogens with one attached hydrogen (secondary N) is 2. The van der Waals surface area contributed by atoms with Gasteiger partial charge in [0.05, 0.1) is 12.2 Å². The van der Waals surface area contributed by atoms with Crippen LogP contribution in [0.2, 0.25) is 0 Å². The zero-order valence-corrected chi connectivity index (χ0v) is 16.1. The molecule has 3 aliphatic rings. The van der Waals surface area contributed by atoms with E-state index in [9.17, 15) is 4.79 Å². The van der Waals surface area contributed by atoms with Crippen molar-refractivity contribution < 1.29 is 9.53 Å². The van der Waals surface area contributed by atoms with Crippen LogP contribution >= 0.6 is 0 Å². The summed E-state index contributed by atoms with van der Waals surface area (Å²) in [7, 11) is 0.